The fourth-order valence-corrected chi connectivity index (χ4v) is 3.83. The van der Waals surface area contributed by atoms with E-state index in [1.165, 1.54) is 18.2 Å². The monoisotopic (exact) mass is 448 g/mol. The Balaban J connectivity index is 1.53. The summed E-state index contributed by atoms with van der Waals surface area (Å²) in [5.41, 5.74) is 1.73. The second-order valence-corrected chi connectivity index (χ2v) is 8.06. The van der Waals surface area contributed by atoms with E-state index in [0.717, 1.165) is 39.1 Å². The smallest absolute Gasteiger partial charge is 0.406 e. The van der Waals surface area contributed by atoms with Crippen molar-refractivity contribution in [3.63, 3.8) is 0 Å². The highest BCUT2D eigenvalue weighted by atomic mass is 19.4. The van der Waals surface area contributed by atoms with Crippen molar-refractivity contribution in [2.24, 2.45) is 0 Å². The molecule has 32 heavy (non-hydrogen) atoms. The third-order valence-electron chi connectivity index (χ3n) is 5.64. The number of imidazole rings is 1. The molecule has 0 amide bonds. The van der Waals surface area contributed by atoms with E-state index in [-0.39, 0.29) is 11.8 Å². The molecule has 1 atom stereocenters. The van der Waals surface area contributed by atoms with Crippen LogP contribution in [-0.2, 0) is 0 Å². The second-order valence-electron chi connectivity index (χ2n) is 8.06. The van der Waals surface area contributed by atoms with Crippen LogP contribution in [0.3, 0.4) is 0 Å². The number of hydrogen-bond donors (Lipinski definition) is 1. The Hall–Kier alpha value is -2.85. The van der Waals surface area contributed by atoms with Gasteiger partial charge in [-0.1, -0.05) is 19.1 Å². The minimum Gasteiger partial charge on any atom is -0.406 e. The van der Waals surface area contributed by atoms with Gasteiger partial charge in [-0.2, -0.15) is 0 Å². The van der Waals surface area contributed by atoms with Gasteiger partial charge in [0.2, 0.25) is 0 Å². The quantitative estimate of drug-likeness (QED) is 0.595. The molecule has 172 valence electrons. The molecular formula is C22H27F3N6O. The molecule has 0 spiro atoms. The Kier molecular flexibility index (Phi) is 6.52. The first-order chi connectivity index (χ1) is 15.3. The molecule has 1 fully saturated rings. The van der Waals surface area contributed by atoms with Crippen molar-refractivity contribution in [2.75, 3.05) is 45.1 Å². The fourth-order valence-electron chi connectivity index (χ4n) is 3.83. The zero-order chi connectivity index (χ0) is 22.7. The zero-order valence-electron chi connectivity index (χ0n) is 18.1. The van der Waals surface area contributed by atoms with E-state index >= 15 is 0 Å². The van der Waals surface area contributed by atoms with Gasteiger partial charge >= 0.3 is 6.36 Å². The van der Waals surface area contributed by atoms with Gasteiger partial charge < -0.3 is 15.0 Å². The number of rotatable bonds is 7. The average molecular weight is 448 g/mol. The lowest BCUT2D eigenvalue weighted by molar-refractivity contribution is -0.274. The number of nitrogens with zero attached hydrogens (tertiary/aromatic N) is 5. The van der Waals surface area contributed by atoms with Crippen LogP contribution in [0.1, 0.15) is 13.3 Å². The first-order valence-electron chi connectivity index (χ1n) is 10.7. The van der Waals surface area contributed by atoms with E-state index < -0.39 is 6.36 Å². The Morgan fingerprint density at radius 1 is 1.12 bits per heavy atom. The van der Waals surface area contributed by atoms with Gasteiger partial charge in [-0.3, -0.25) is 4.90 Å². The number of piperazine rings is 1. The second kappa shape index (κ2) is 9.33. The fraction of sp³-hybridized carbons (Fsp3) is 0.455. The summed E-state index contributed by atoms with van der Waals surface area (Å²) in [6.07, 6.45) is -2.20. The third kappa shape index (κ3) is 5.49. The van der Waals surface area contributed by atoms with Crippen molar-refractivity contribution in [1.29, 1.82) is 0 Å². The Labute approximate surface area is 184 Å². The molecule has 1 aliphatic rings. The van der Waals surface area contributed by atoms with E-state index in [0.29, 0.717) is 22.7 Å². The average Bonchev–Trinajstić information content (AvgIpc) is 3.17. The number of hydrogen-bond acceptors (Lipinski definition) is 6. The number of aromatic nitrogens is 3. The summed E-state index contributed by atoms with van der Waals surface area (Å²) >= 11 is 0. The van der Waals surface area contributed by atoms with Gasteiger partial charge in [0.25, 0.3) is 0 Å². The van der Waals surface area contributed by atoms with Gasteiger partial charge in [-0.25, -0.2) is 9.50 Å². The normalized spacial score (nSPS) is 16.9. The molecule has 0 bridgehead atoms. The summed E-state index contributed by atoms with van der Waals surface area (Å²) < 4.78 is 43.5. The molecule has 1 unspecified atom stereocenters. The number of benzene rings is 1. The Bertz CT molecular complexity index is 1050. The maximum atomic E-state index is 12.6. The van der Waals surface area contributed by atoms with Gasteiger partial charge in [0.05, 0.1) is 11.9 Å². The van der Waals surface area contributed by atoms with E-state index in [4.69, 9.17) is 0 Å². The van der Waals surface area contributed by atoms with Crippen molar-refractivity contribution in [1.82, 2.24) is 24.4 Å². The van der Waals surface area contributed by atoms with Crippen molar-refractivity contribution < 1.29 is 17.9 Å². The van der Waals surface area contributed by atoms with Crippen LogP contribution < -0.4 is 10.1 Å². The maximum absolute atomic E-state index is 12.6. The minimum atomic E-state index is -4.74. The van der Waals surface area contributed by atoms with Gasteiger partial charge in [0, 0.05) is 44.3 Å². The summed E-state index contributed by atoms with van der Waals surface area (Å²) in [5, 5.41) is 8.16. The highest BCUT2D eigenvalue weighted by Gasteiger charge is 2.31. The zero-order valence-corrected chi connectivity index (χ0v) is 18.1. The summed E-state index contributed by atoms with van der Waals surface area (Å²) in [4.78, 5) is 9.12. The number of fused-ring (bicyclic) bond motifs is 1. The SMILES string of the molecule is CCC(CN1CCN(C)CC1)Nc1ccc2ncc(-c3cccc(OC(F)(F)F)c3)n2n1. The number of nitrogens with one attached hydrogen (secondary N) is 1. The number of alkyl halides is 3. The number of likely N-dealkylation sites (N-methyl/N-ethyl adjacent to an activating group) is 1. The number of anilines is 1. The van der Waals surface area contributed by atoms with Crippen LogP contribution in [0.25, 0.3) is 16.9 Å². The number of ether oxygens (including phenoxy) is 1. The lowest BCUT2D eigenvalue weighted by Crippen LogP contribution is -2.48. The predicted octanol–water partition coefficient (Wildman–Crippen LogP) is 3.73. The lowest BCUT2D eigenvalue weighted by Gasteiger charge is -2.34. The molecule has 1 N–H and O–H groups in total. The van der Waals surface area contributed by atoms with Crippen LogP contribution in [0.5, 0.6) is 5.75 Å². The molecule has 1 aliphatic heterocycles. The highest BCUT2D eigenvalue weighted by molar-refractivity contribution is 5.65. The molecule has 1 aromatic carbocycles. The largest absolute Gasteiger partial charge is 0.573 e. The lowest BCUT2D eigenvalue weighted by atomic mass is 10.1. The van der Waals surface area contributed by atoms with E-state index in [2.05, 4.69) is 43.9 Å². The van der Waals surface area contributed by atoms with Gasteiger partial charge in [-0.05, 0) is 37.7 Å². The Morgan fingerprint density at radius 2 is 1.91 bits per heavy atom. The molecule has 0 radical (unpaired) electrons. The van der Waals surface area contributed by atoms with Crippen LogP contribution in [0.4, 0.5) is 19.0 Å². The third-order valence-corrected chi connectivity index (χ3v) is 5.64. The summed E-state index contributed by atoms with van der Waals surface area (Å²) in [5.74, 6) is 0.415. The van der Waals surface area contributed by atoms with Gasteiger partial charge in [0.15, 0.2) is 5.65 Å². The molecule has 7 nitrogen and oxygen atoms in total. The van der Waals surface area contributed by atoms with E-state index in [9.17, 15) is 13.2 Å². The molecule has 1 saturated heterocycles. The summed E-state index contributed by atoms with van der Waals surface area (Å²) in [7, 11) is 2.14. The van der Waals surface area contributed by atoms with Crippen molar-refractivity contribution in [3.05, 3.63) is 42.6 Å². The minimum absolute atomic E-state index is 0.235. The van der Waals surface area contributed by atoms with Crippen LogP contribution in [0.2, 0.25) is 0 Å². The van der Waals surface area contributed by atoms with E-state index in [1.54, 1.807) is 16.8 Å². The molecule has 10 heteroatoms. The van der Waals surface area contributed by atoms with Crippen molar-refractivity contribution in [3.8, 4) is 17.0 Å². The standard InChI is InChI=1S/C22H27F3N6O/c1-3-17(15-30-11-9-29(2)10-12-30)27-20-7-8-21-26-14-19(31(21)28-20)16-5-4-6-18(13-16)32-22(23,24)25/h4-8,13-14,17H,3,9-12,15H2,1-2H3,(H,27,28). The van der Waals surface area contributed by atoms with Crippen LogP contribution in [0.15, 0.2) is 42.6 Å². The van der Waals surface area contributed by atoms with Crippen LogP contribution >= 0.6 is 0 Å². The molecule has 2 aromatic heterocycles. The molecule has 0 aliphatic carbocycles. The maximum Gasteiger partial charge on any atom is 0.573 e. The molecular weight excluding hydrogens is 421 g/mol. The summed E-state index contributed by atoms with van der Waals surface area (Å²) in [6.45, 7) is 7.29. The van der Waals surface area contributed by atoms with Gasteiger partial charge in [0.1, 0.15) is 11.6 Å². The number of halogens is 3. The summed E-state index contributed by atoms with van der Waals surface area (Å²) in [6, 6.07) is 9.78. The molecule has 3 aromatic rings. The van der Waals surface area contributed by atoms with E-state index in [1.807, 2.05) is 12.1 Å². The van der Waals surface area contributed by atoms with Crippen molar-refractivity contribution in [2.45, 2.75) is 25.7 Å². The predicted molar refractivity (Wildman–Crippen MR) is 117 cm³/mol. The van der Waals surface area contributed by atoms with Gasteiger partial charge in [-0.15, -0.1) is 18.3 Å². The Morgan fingerprint density at radius 3 is 2.62 bits per heavy atom. The van der Waals surface area contributed by atoms with Crippen LogP contribution in [0, 0.1) is 0 Å². The van der Waals surface area contributed by atoms with Crippen molar-refractivity contribution >= 4 is 11.5 Å². The molecule has 4 rings (SSSR count). The highest BCUT2D eigenvalue weighted by Crippen LogP contribution is 2.28. The molecule has 0 saturated carbocycles. The first-order valence-corrected chi connectivity index (χ1v) is 10.7. The first kappa shape index (κ1) is 22.3. The molecule has 3 heterocycles. The van der Waals surface area contributed by atoms with Crippen LogP contribution in [-0.4, -0.2) is 76.6 Å². The topological polar surface area (TPSA) is 57.9 Å².